The third-order valence-electron chi connectivity index (χ3n) is 4.78. The van der Waals surface area contributed by atoms with Crippen LogP contribution in [0.1, 0.15) is 12.5 Å². The molecule has 2 aromatic rings. The number of carbonyl (C=O) groups excluding carboxylic acids is 1. The van der Waals surface area contributed by atoms with Gasteiger partial charge >= 0.3 is 0 Å². The maximum absolute atomic E-state index is 12.7. The van der Waals surface area contributed by atoms with Crippen molar-refractivity contribution in [1.29, 1.82) is 0 Å². The van der Waals surface area contributed by atoms with Gasteiger partial charge < -0.3 is 5.11 Å². The van der Waals surface area contributed by atoms with E-state index in [1.807, 2.05) is 4.90 Å². The van der Waals surface area contributed by atoms with Crippen molar-refractivity contribution in [2.45, 2.75) is 11.8 Å². The summed E-state index contributed by atoms with van der Waals surface area (Å²) in [4.78, 5) is 14.4. The number of hydrazone groups is 1. The lowest BCUT2D eigenvalue weighted by atomic mass is 10.1. The first kappa shape index (κ1) is 22.4. The number of carbonyl (C=O) groups is 1. The summed E-state index contributed by atoms with van der Waals surface area (Å²) in [5, 5.41) is 13.4. The van der Waals surface area contributed by atoms with Crippen LogP contribution >= 0.6 is 15.9 Å². The van der Waals surface area contributed by atoms with Gasteiger partial charge in [0.2, 0.25) is 10.0 Å². The van der Waals surface area contributed by atoms with Gasteiger partial charge in [-0.2, -0.15) is 9.41 Å². The number of phenols is 1. The van der Waals surface area contributed by atoms with Crippen LogP contribution in [-0.4, -0.2) is 67.1 Å². The fraction of sp³-hybridized carbons (Fsp3) is 0.300. The van der Waals surface area contributed by atoms with Gasteiger partial charge in [-0.1, -0.05) is 15.9 Å². The Morgan fingerprint density at radius 2 is 1.67 bits per heavy atom. The monoisotopic (exact) mass is 494 g/mol. The van der Waals surface area contributed by atoms with E-state index in [4.69, 9.17) is 0 Å². The molecule has 0 radical (unpaired) electrons. The van der Waals surface area contributed by atoms with Gasteiger partial charge in [0.15, 0.2) is 0 Å². The molecule has 0 spiro atoms. The van der Waals surface area contributed by atoms with Crippen LogP contribution in [0.4, 0.5) is 0 Å². The van der Waals surface area contributed by atoms with Crippen molar-refractivity contribution in [1.82, 2.24) is 14.6 Å². The first-order valence-electron chi connectivity index (χ1n) is 9.36. The van der Waals surface area contributed by atoms with Gasteiger partial charge in [-0.25, -0.2) is 13.8 Å². The Morgan fingerprint density at radius 1 is 1.07 bits per heavy atom. The van der Waals surface area contributed by atoms with E-state index in [0.29, 0.717) is 31.9 Å². The number of sulfonamides is 1. The fourth-order valence-electron chi connectivity index (χ4n) is 3.04. The average molecular weight is 495 g/mol. The molecule has 160 valence electrons. The molecule has 10 heteroatoms. The minimum absolute atomic E-state index is 0.137. The average Bonchev–Trinajstić information content (AvgIpc) is 2.73. The Bertz CT molecular complexity index is 1020. The number of rotatable bonds is 6. The van der Waals surface area contributed by atoms with Crippen LogP contribution in [-0.2, 0) is 14.8 Å². The molecule has 30 heavy (non-hydrogen) atoms. The molecule has 1 fully saturated rings. The fourth-order valence-corrected chi connectivity index (χ4v) is 4.72. The molecule has 1 saturated heterocycles. The highest BCUT2D eigenvalue weighted by atomic mass is 79.9. The van der Waals surface area contributed by atoms with E-state index in [-0.39, 0.29) is 23.1 Å². The van der Waals surface area contributed by atoms with Crippen LogP contribution in [0.25, 0.3) is 0 Å². The van der Waals surface area contributed by atoms with Crippen LogP contribution in [0.3, 0.4) is 0 Å². The molecule has 8 nitrogen and oxygen atoms in total. The molecule has 0 unspecified atom stereocenters. The zero-order valence-corrected chi connectivity index (χ0v) is 18.9. The second-order valence-electron chi connectivity index (χ2n) is 6.91. The topological polar surface area (TPSA) is 102 Å². The Balaban J connectivity index is 1.50. The van der Waals surface area contributed by atoms with Crippen LogP contribution in [0, 0.1) is 0 Å². The molecule has 1 heterocycles. The lowest BCUT2D eigenvalue weighted by Gasteiger charge is -2.33. The second-order valence-corrected chi connectivity index (χ2v) is 9.77. The summed E-state index contributed by atoms with van der Waals surface area (Å²) in [6.45, 7) is 3.47. The largest absolute Gasteiger partial charge is 0.508 e. The van der Waals surface area contributed by atoms with E-state index in [1.165, 1.54) is 4.31 Å². The molecular weight excluding hydrogens is 472 g/mol. The molecule has 2 aromatic carbocycles. The number of benzene rings is 2. The molecule has 1 aliphatic heterocycles. The quantitative estimate of drug-likeness (QED) is 0.472. The van der Waals surface area contributed by atoms with Crippen molar-refractivity contribution < 1.29 is 18.3 Å². The van der Waals surface area contributed by atoms with E-state index in [9.17, 15) is 18.3 Å². The lowest BCUT2D eigenvalue weighted by Crippen LogP contribution is -2.50. The molecule has 3 rings (SSSR count). The van der Waals surface area contributed by atoms with Gasteiger partial charge in [-0.05, 0) is 61.0 Å². The summed E-state index contributed by atoms with van der Waals surface area (Å²) in [7, 11) is -3.54. The minimum Gasteiger partial charge on any atom is -0.508 e. The van der Waals surface area contributed by atoms with Gasteiger partial charge in [0, 0.05) is 30.7 Å². The third-order valence-corrected chi connectivity index (χ3v) is 7.22. The van der Waals surface area contributed by atoms with E-state index >= 15 is 0 Å². The zero-order valence-electron chi connectivity index (χ0n) is 16.5. The summed E-state index contributed by atoms with van der Waals surface area (Å²) in [5.41, 5.74) is 3.93. The Labute approximate surface area is 184 Å². The molecule has 1 amide bonds. The Morgan fingerprint density at radius 3 is 2.27 bits per heavy atom. The van der Waals surface area contributed by atoms with E-state index < -0.39 is 10.0 Å². The second kappa shape index (κ2) is 9.69. The van der Waals surface area contributed by atoms with Crippen molar-refractivity contribution in [3.05, 3.63) is 58.6 Å². The Kier molecular flexibility index (Phi) is 7.24. The van der Waals surface area contributed by atoms with Gasteiger partial charge in [0.25, 0.3) is 5.91 Å². The number of nitrogens with zero attached hydrogens (tertiary/aromatic N) is 3. The van der Waals surface area contributed by atoms with Crippen LogP contribution in [0.15, 0.2) is 63.0 Å². The highest BCUT2D eigenvalue weighted by molar-refractivity contribution is 9.10. The number of nitrogens with one attached hydrogen (secondary N) is 1. The first-order valence-corrected chi connectivity index (χ1v) is 11.6. The molecular formula is C20H23BrN4O4S. The van der Waals surface area contributed by atoms with Crippen LogP contribution in [0.2, 0.25) is 0 Å². The number of halogens is 1. The van der Waals surface area contributed by atoms with Crippen LogP contribution in [0.5, 0.6) is 5.75 Å². The van der Waals surface area contributed by atoms with Crippen molar-refractivity contribution in [3.63, 3.8) is 0 Å². The predicted octanol–water partition coefficient (Wildman–Crippen LogP) is 2.00. The van der Waals surface area contributed by atoms with Gasteiger partial charge in [0.1, 0.15) is 5.75 Å². The molecule has 1 aliphatic rings. The maximum atomic E-state index is 12.7. The normalized spacial score (nSPS) is 16.4. The van der Waals surface area contributed by atoms with Crippen molar-refractivity contribution in [3.8, 4) is 5.75 Å². The number of piperazine rings is 1. The number of hydrogen-bond donors (Lipinski definition) is 2. The summed E-state index contributed by atoms with van der Waals surface area (Å²) in [6.07, 6.45) is 0. The summed E-state index contributed by atoms with van der Waals surface area (Å²) < 4.78 is 27.7. The SMILES string of the molecule is C/C(=N\NC(=O)CN1CCN(S(=O)(=O)c2ccc(Br)cc2)CC1)c1ccc(O)cc1. The number of amides is 1. The molecule has 0 aromatic heterocycles. The van der Waals surface area contributed by atoms with E-state index in [1.54, 1.807) is 55.5 Å². The van der Waals surface area contributed by atoms with E-state index in [0.717, 1.165) is 10.0 Å². The molecule has 0 aliphatic carbocycles. The van der Waals surface area contributed by atoms with Crippen molar-refractivity contribution >= 4 is 37.6 Å². The zero-order chi connectivity index (χ0) is 21.7. The Hall–Kier alpha value is -2.27. The number of hydrogen-bond acceptors (Lipinski definition) is 6. The lowest BCUT2D eigenvalue weighted by molar-refractivity contribution is -0.122. The van der Waals surface area contributed by atoms with Crippen molar-refractivity contribution in [2.75, 3.05) is 32.7 Å². The minimum atomic E-state index is -3.54. The van der Waals surface area contributed by atoms with Crippen molar-refractivity contribution in [2.24, 2.45) is 5.10 Å². The summed E-state index contributed by atoms with van der Waals surface area (Å²) >= 11 is 3.30. The third kappa shape index (κ3) is 5.66. The smallest absolute Gasteiger partial charge is 0.254 e. The standard InChI is InChI=1S/C20H23BrN4O4S/c1-15(16-2-6-18(26)7-3-16)22-23-20(27)14-24-10-12-25(13-11-24)30(28,29)19-8-4-17(21)5-9-19/h2-9,26H,10-14H2,1H3,(H,23,27)/b22-15+. The number of phenolic OH excluding ortho intramolecular Hbond substituents is 1. The summed E-state index contributed by atoms with van der Waals surface area (Å²) in [5.74, 6) is -0.103. The predicted molar refractivity (Wildman–Crippen MR) is 118 cm³/mol. The molecule has 0 bridgehead atoms. The molecule has 0 saturated carbocycles. The van der Waals surface area contributed by atoms with Gasteiger partial charge in [0.05, 0.1) is 17.2 Å². The highest BCUT2D eigenvalue weighted by Crippen LogP contribution is 2.20. The maximum Gasteiger partial charge on any atom is 0.254 e. The number of aromatic hydroxyl groups is 1. The first-order chi connectivity index (χ1) is 14.3. The summed E-state index contributed by atoms with van der Waals surface area (Å²) in [6, 6.07) is 13.1. The van der Waals surface area contributed by atoms with Gasteiger partial charge in [-0.15, -0.1) is 0 Å². The van der Waals surface area contributed by atoms with E-state index in [2.05, 4.69) is 26.5 Å². The van der Waals surface area contributed by atoms with Crippen LogP contribution < -0.4 is 5.43 Å². The highest BCUT2D eigenvalue weighted by Gasteiger charge is 2.29. The molecule has 2 N–H and O–H groups in total. The van der Waals surface area contributed by atoms with Gasteiger partial charge in [-0.3, -0.25) is 9.69 Å². The molecule has 0 atom stereocenters.